The predicted molar refractivity (Wildman–Crippen MR) is 129 cm³/mol. The highest BCUT2D eigenvalue weighted by atomic mass is 16.5. The average Bonchev–Trinajstić information content (AvgIpc) is 2.79. The van der Waals surface area contributed by atoms with Gasteiger partial charge < -0.3 is 14.9 Å². The number of rotatable bonds is 17. The maximum atomic E-state index is 10.7. The first-order valence-electron chi connectivity index (χ1n) is 12.9. The van der Waals surface area contributed by atoms with Crippen molar-refractivity contribution in [2.75, 3.05) is 19.7 Å². The third-order valence-corrected chi connectivity index (χ3v) is 6.71. The highest BCUT2D eigenvalue weighted by Crippen LogP contribution is 2.24. The van der Waals surface area contributed by atoms with E-state index < -0.39 is 0 Å². The largest absolute Gasteiger partial charge is 0.396 e. The summed E-state index contributed by atoms with van der Waals surface area (Å²) in [7, 11) is 0. The second-order valence-electron chi connectivity index (χ2n) is 9.30. The van der Waals surface area contributed by atoms with Crippen molar-refractivity contribution >= 4 is 0 Å². The van der Waals surface area contributed by atoms with Crippen molar-refractivity contribution in [3.63, 3.8) is 0 Å². The number of aliphatic hydroxyl groups excluding tert-OH is 2. The van der Waals surface area contributed by atoms with Gasteiger partial charge in [0.05, 0.1) is 18.8 Å². The Labute approximate surface area is 191 Å². The molecule has 0 saturated carbocycles. The number of hydrogen-bond donors (Lipinski definition) is 2. The topological polar surface area (TPSA) is 52.9 Å². The standard InChI is InChI=1S/C27H47NO3/c1-2-3-8-16-25(31-23-24-14-9-7-10-15-24)19-21-28-20-13-18-27(30)26(28)17-11-5-4-6-12-22-29/h7,9-10,14-15,25-27,29-30H,2-6,8,11-13,16-23H2,1H3. The van der Waals surface area contributed by atoms with Gasteiger partial charge in [0.25, 0.3) is 0 Å². The molecule has 31 heavy (non-hydrogen) atoms. The maximum absolute atomic E-state index is 10.7. The molecular formula is C27H47NO3. The molecule has 1 aliphatic heterocycles. The zero-order chi connectivity index (χ0) is 22.2. The molecule has 0 spiro atoms. The zero-order valence-electron chi connectivity index (χ0n) is 19.9. The van der Waals surface area contributed by atoms with Crippen LogP contribution >= 0.6 is 0 Å². The average molecular weight is 434 g/mol. The zero-order valence-corrected chi connectivity index (χ0v) is 19.9. The van der Waals surface area contributed by atoms with Crippen LogP contribution in [-0.4, -0.2) is 53.1 Å². The molecule has 1 heterocycles. The van der Waals surface area contributed by atoms with Crippen LogP contribution in [0.1, 0.15) is 96.0 Å². The third-order valence-electron chi connectivity index (χ3n) is 6.71. The van der Waals surface area contributed by atoms with Crippen LogP contribution < -0.4 is 0 Å². The molecule has 4 nitrogen and oxygen atoms in total. The second kappa shape index (κ2) is 16.7. The van der Waals surface area contributed by atoms with Crippen LogP contribution in [0.5, 0.6) is 0 Å². The number of benzene rings is 1. The van der Waals surface area contributed by atoms with Crippen molar-refractivity contribution in [1.29, 1.82) is 0 Å². The molecule has 3 unspecified atom stereocenters. The van der Waals surface area contributed by atoms with Gasteiger partial charge in [-0.15, -0.1) is 0 Å². The molecule has 0 amide bonds. The molecule has 1 saturated heterocycles. The Kier molecular flexibility index (Phi) is 14.1. The first-order chi connectivity index (χ1) is 15.2. The molecule has 1 aromatic rings. The number of hydrogen-bond acceptors (Lipinski definition) is 4. The molecule has 1 aromatic carbocycles. The van der Waals surface area contributed by atoms with Gasteiger partial charge in [0.2, 0.25) is 0 Å². The fraction of sp³-hybridized carbons (Fsp3) is 0.778. The SMILES string of the molecule is CCCCCC(CCN1CCCC(O)C1CCCCCCCO)OCc1ccccc1. The molecule has 1 aliphatic rings. The summed E-state index contributed by atoms with van der Waals surface area (Å²) in [6.45, 7) is 5.38. The smallest absolute Gasteiger partial charge is 0.0720 e. The number of likely N-dealkylation sites (tertiary alicyclic amines) is 1. The minimum atomic E-state index is -0.185. The lowest BCUT2D eigenvalue weighted by atomic mass is 9.93. The van der Waals surface area contributed by atoms with Crippen molar-refractivity contribution in [3.8, 4) is 0 Å². The highest BCUT2D eigenvalue weighted by molar-refractivity contribution is 5.13. The molecule has 0 bridgehead atoms. The van der Waals surface area contributed by atoms with Crippen LogP contribution in [0.3, 0.4) is 0 Å². The van der Waals surface area contributed by atoms with Crippen LogP contribution in [0.2, 0.25) is 0 Å². The van der Waals surface area contributed by atoms with Gasteiger partial charge in [-0.25, -0.2) is 0 Å². The van der Waals surface area contributed by atoms with Crippen LogP contribution in [0.25, 0.3) is 0 Å². The Morgan fingerprint density at radius 1 is 1.00 bits per heavy atom. The summed E-state index contributed by atoms with van der Waals surface area (Å²) in [5.74, 6) is 0. The Morgan fingerprint density at radius 3 is 2.55 bits per heavy atom. The Balaban J connectivity index is 1.80. The number of aliphatic hydroxyl groups is 2. The van der Waals surface area contributed by atoms with E-state index in [1.807, 2.05) is 0 Å². The van der Waals surface area contributed by atoms with E-state index in [9.17, 15) is 5.11 Å². The summed E-state index contributed by atoms with van der Waals surface area (Å²) >= 11 is 0. The summed E-state index contributed by atoms with van der Waals surface area (Å²) in [5.41, 5.74) is 1.25. The fourth-order valence-corrected chi connectivity index (χ4v) is 4.78. The van der Waals surface area contributed by atoms with Gasteiger partial charge in [0, 0.05) is 19.2 Å². The van der Waals surface area contributed by atoms with Crippen molar-refractivity contribution in [3.05, 3.63) is 35.9 Å². The quantitative estimate of drug-likeness (QED) is 0.309. The number of unbranched alkanes of at least 4 members (excludes halogenated alkanes) is 6. The van der Waals surface area contributed by atoms with E-state index in [2.05, 4.69) is 42.2 Å². The molecule has 1 fully saturated rings. The summed E-state index contributed by atoms with van der Waals surface area (Å²) in [5, 5.41) is 19.6. The summed E-state index contributed by atoms with van der Waals surface area (Å²) < 4.78 is 6.35. The van der Waals surface area contributed by atoms with Gasteiger partial charge in [-0.1, -0.05) is 82.2 Å². The van der Waals surface area contributed by atoms with Crippen LogP contribution in [0.15, 0.2) is 30.3 Å². The van der Waals surface area contributed by atoms with E-state index in [0.717, 1.165) is 58.0 Å². The van der Waals surface area contributed by atoms with Gasteiger partial charge in [-0.2, -0.15) is 0 Å². The van der Waals surface area contributed by atoms with Gasteiger partial charge >= 0.3 is 0 Å². The van der Waals surface area contributed by atoms with Crippen LogP contribution in [-0.2, 0) is 11.3 Å². The van der Waals surface area contributed by atoms with E-state index in [0.29, 0.717) is 25.4 Å². The summed E-state index contributed by atoms with van der Waals surface area (Å²) in [6, 6.07) is 10.8. The van der Waals surface area contributed by atoms with Gasteiger partial charge in [-0.3, -0.25) is 4.90 Å². The van der Waals surface area contributed by atoms with Crippen LogP contribution in [0, 0.1) is 0 Å². The van der Waals surface area contributed by atoms with E-state index in [1.165, 1.54) is 44.1 Å². The van der Waals surface area contributed by atoms with Crippen molar-refractivity contribution in [1.82, 2.24) is 4.90 Å². The minimum Gasteiger partial charge on any atom is -0.396 e. The number of nitrogens with zero attached hydrogens (tertiary/aromatic N) is 1. The molecule has 0 aliphatic carbocycles. The number of piperidine rings is 1. The third kappa shape index (κ3) is 11.0. The van der Waals surface area contributed by atoms with E-state index in [-0.39, 0.29) is 6.10 Å². The molecule has 4 heteroatoms. The normalized spacial score (nSPS) is 20.7. The van der Waals surface area contributed by atoms with Crippen molar-refractivity contribution in [2.24, 2.45) is 0 Å². The number of ether oxygens (including phenoxy) is 1. The Morgan fingerprint density at radius 2 is 1.77 bits per heavy atom. The Bertz CT molecular complexity index is 539. The van der Waals surface area contributed by atoms with Gasteiger partial charge in [-0.05, 0) is 50.6 Å². The van der Waals surface area contributed by atoms with Crippen molar-refractivity contribution < 1.29 is 14.9 Å². The molecule has 0 radical (unpaired) electrons. The lowest BCUT2D eigenvalue weighted by Crippen LogP contribution is -2.49. The van der Waals surface area contributed by atoms with Crippen LogP contribution in [0.4, 0.5) is 0 Å². The van der Waals surface area contributed by atoms with Gasteiger partial charge in [0.1, 0.15) is 0 Å². The lowest BCUT2D eigenvalue weighted by molar-refractivity contribution is -0.0159. The first-order valence-corrected chi connectivity index (χ1v) is 12.9. The highest BCUT2D eigenvalue weighted by Gasteiger charge is 2.29. The monoisotopic (exact) mass is 433 g/mol. The van der Waals surface area contributed by atoms with E-state index in [1.54, 1.807) is 0 Å². The first kappa shape index (κ1) is 26.3. The van der Waals surface area contributed by atoms with Gasteiger partial charge in [0.15, 0.2) is 0 Å². The predicted octanol–water partition coefficient (Wildman–Crippen LogP) is 5.70. The second-order valence-corrected chi connectivity index (χ2v) is 9.30. The van der Waals surface area contributed by atoms with Crippen molar-refractivity contribution in [2.45, 2.75) is 115 Å². The molecule has 0 aromatic heterocycles. The maximum Gasteiger partial charge on any atom is 0.0720 e. The summed E-state index contributed by atoms with van der Waals surface area (Å²) in [6.07, 6.45) is 14.8. The molecule has 3 atom stereocenters. The Hall–Kier alpha value is -0.940. The fourth-order valence-electron chi connectivity index (χ4n) is 4.78. The summed E-state index contributed by atoms with van der Waals surface area (Å²) in [4.78, 5) is 2.54. The van der Waals surface area contributed by atoms with E-state index in [4.69, 9.17) is 9.84 Å². The van der Waals surface area contributed by atoms with E-state index >= 15 is 0 Å². The molecular weight excluding hydrogens is 386 g/mol. The minimum absolute atomic E-state index is 0.185. The molecule has 2 N–H and O–H groups in total. The molecule has 178 valence electrons. The lowest BCUT2D eigenvalue weighted by Gasteiger charge is -2.40. The molecule has 2 rings (SSSR count).